The Balaban J connectivity index is -0.000000396. The molecule has 1 saturated heterocycles. The van der Waals surface area contributed by atoms with Crippen molar-refractivity contribution >= 4 is 18.0 Å². The lowest BCUT2D eigenvalue weighted by molar-refractivity contribution is -0.133. The van der Waals surface area contributed by atoms with Gasteiger partial charge in [-0.05, 0) is 57.9 Å². The molecule has 1 aliphatic rings. The maximum absolute atomic E-state index is 11.2. The van der Waals surface area contributed by atoms with Crippen LogP contribution >= 0.6 is 0 Å². The number of rotatable bonds is 6. The first-order valence-corrected chi connectivity index (χ1v) is 11.2. The number of nitrogens with zero attached hydrogens (tertiary/aromatic N) is 1. The van der Waals surface area contributed by atoms with E-state index in [1.165, 1.54) is 20.3 Å². The first-order valence-electron chi connectivity index (χ1n) is 11.2. The third-order valence-corrected chi connectivity index (χ3v) is 3.97. The van der Waals surface area contributed by atoms with Gasteiger partial charge < -0.3 is 25.9 Å². The molecule has 1 aliphatic heterocycles. The predicted octanol–water partition coefficient (Wildman–Crippen LogP) is 3.33. The standard InChI is InChI=1S/C10H13NO2.C8H16N2O.C2H4O.2C2H6/c1-7(12)10(11)6-8-2-4-9(13)5-3-8;1-9-5-7-10-6-3-2-4-8(10)11;1-2-3;2*1-2/h2-5,10,13H,6,11H2,1H3;9H,2-7H2,1H3;2H,1H3;2*1-2H3. The molecule has 1 aromatic rings. The number of phenols is 1. The van der Waals surface area contributed by atoms with E-state index < -0.39 is 6.04 Å². The zero-order valence-corrected chi connectivity index (χ0v) is 20.6. The van der Waals surface area contributed by atoms with Crippen LogP contribution in [-0.4, -0.2) is 60.7 Å². The smallest absolute Gasteiger partial charge is 0.222 e. The van der Waals surface area contributed by atoms with Crippen LogP contribution in [0, 0.1) is 0 Å². The fourth-order valence-electron chi connectivity index (χ4n) is 2.37. The Morgan fingerprint density at radius 3 is 2.13 bits per heavy atom. The lowest BCUT2D eigenvalue weighted by Crippen LogP contribution is -2.39. The van der Waals surface area contributed by atoms with Crippen molar-refractivity contribution in [2.24, 2.45) is 5.73 Å². The number of hydrogen-bond acceptors (Lipinski definition) is 6. The van der Waals surface area contributed by atoms with Crippen LogP contribution in [0.25, 0.3) is 0 Å². The Morgan fingerprint density at radius 1 is 1.19 bits per heavy atom. The van der Waals surface area contributed by atoms with Crippen LogP contribution in [0.4, 0.5) is 0 Å². The van der Waals surface area contributed by atoms with E-state index in [1.807, 2.05) is 39.6 Å². The normalized spacial score (nSPS) is 12.8. The zero-order valence-electron chi connectivity index (χ0n) is 20.6. The molecular formula is C24H45N3O4. The molecule has 1 fully saturated rings. The molecule has 0 aromatic heterocycles. The Hall–Kier alpha value is -2.25. The summed E-state index contributed by atoms with van der Waals surface area (Å²) in [5, 5.41) is 12.0. The topological polar surface area (TPSA) is 113 Å². The van der Waals surface area contributed by atoms with Gasteiger partial charge in [-0.2, -0.15) is 0 Å². The number of nitrogens with two attached hydrogens (primary N) is 1. The summed E-state index contributed by atoms with van der Waals surface area (Å²) in [5.41, 5.74) is 6.53. The third kappa shape index (κ3) is 19.5. The molecule has 1 amide bonds. The maximum Gasteiger partial charge on any atom is 0.222 e. The number of nitrogens with one attached hydrogen (secondary N) is 1. The van der Waals surface area contributed by atoms with Crippen LogP contribution in [0.3, 0.4) is 0 Å². The molecule has 31 heavy (non-hydrogen) atoms. The molecule has 7 heteroatoms. The number of likely N-dealkylation sites (N-methyl/N-ethyl adjacent to an activating group) is 1. The number of phenolic OH excluding ortho intramolecular Hbond substituents is 1. The summed E-state index contributed by atoms with van der Waals surface area (Å²) in [7, 11) is 1.91. The number of amides is 1. The quantitative estimate of drug-likeness (QED) is 0.586. The van der Waals surface area contributed by atoms with Crippen molar-refractivity contribution in [3.05, 3.63) is 29.8 Å². The molecule has 180 valence electrons. The van der Waals surface area contributed by atoms with Gasteiger partial charge in [-0.3, -0.25) is 9.59 Å². The van der Waals surface area contributed by atoms with Gasteiger partial charge >= 0.3 is 0 Å². The summed E-state index contributed by atoms with van der Waals surface area (Å²) < 4.78 is 0. The Kier molecular flexibility index (Phi) is 25.9. The van der Waals surface area contributed by atoms with Crippen LogP contribution in [-0.2, 0) is 20.8 Å². The molecule has 0 radical (unpaired) electrons. The molecule has 7 nitrogen and oxygen atoms in total. The second kappa shape index (κ2) is 24.0. The van der Waals surface area contributed by atoms with Gasteiger partial charge in [0.25, 0.3) is 0 Å². The number of ketones is 1. The molecule has 1 unspecified atom stereocenters. The third-order valence-electron chi connectivity index (χ3n) is 3.97. The molecular weight excluding hydrogens is 394 g/mol. The van der Waals surface area contributed by atoms with Gasteiger partial charge in [0.2, 0.25) is 5.91 Å². The molecule has 0 spiro atoms. The second-order valence-corrected chi connectivity index (χ2v) is 6.26. The van der Waals surface area contributed by atoms with E-state index in [0.29, 0.717) is 12.3 Å². The number of aldehydes is 1. The van der Waals surface area contributed by atoms with Crippen molar-refractivity contribution in [2.75, 3.05) is 26.7 Å². The lowest BCUT2D eigenvalue weighted by atomic mass is 10.0. The predicted molar refractivity (Wildman–Crippen MR) is 129 cm³/mol. The van der Waals surface area contributed by atoms with Gasteiger partial charge in [-0.1, -0.05) is 39.8 Å². The second-order valence-electron chi connectivity index (χ2n) is 6.26. The van der Waals surface area contributed by atoms with Gasteiger partial charge in [0.15, 0.2) is 0 Å². The summed E-state index contributed by atoms with van der Waals surface area (Å²) in [5.74, 6) is 0.528. The van der Waals surface area contributed by atoms with E-state index >= 15 is 0 Å². The van der Waals surface area contributed by atoms with Gasteiger partial charge in [-0.25, -0.2) is 0 Å². The lowest BCUT2D eigenvalue weighted by Gasteiger charge is -2.26. The summed E-state index contributed by atoms with van der Waals surface area (Å²) in [6.45, 7) is 13.7. The Bertz CT molecular complexity index is 562. The number of piperidine rings is 1. The van der Waals surface area contributed by atoms with Crippen LogP contribution in [0.5, 0.6) is 5.75 Å². The highest BCUT2D eigenvalue weighted by atomic mass is 16.3. The van der Waals surface area contributed by atoms with Crippen molar-refractivity contribution in [2.45, 2.75) is 73.3 Å². The Labute approximate surface area is 189 Å². The van der Waals surface area contributed by atoms with E-state index in [0.717, 1.165) is 44.3 Å². The average molecular weight is 440 g/mol. The number of likely N-dealkylation sites (tertiary alicyclic amines) is 1. The van der Waals surface area contributed by atoms with Crippen LogP contribution in [0.15, 0.2) is 24.3 Å². The van der Waals surface area contributed by atoms with Crippen molar-refractivity contribution in [3.63, 3.8) is 0 Å². The SMILES string of the molecule is CC.CC.CC(=O)C(N)Cc1ccc(O)cc1.CC=O.CNCCN1CCCCC1=O. The van der Waals surface area contributed by atoms with Crippen molar-refractivity contribution in [1.29, 1.82) is 0 Å². The molecule has 2 rings (SSSR count). The van der Waals surface area contributed by atoms with Gasteiger partial charge in [0, 0.05) is 26.1 Å². The molecule has 0 aliphatic carbocycles. The van der Waals surface area contributed by atoms with E-state index in [9.17, 15) is 9.59 Å². The van der Waals surface area contributed by atoms with Crippen LogP contribution in [0.1, 0.15) is 66.4 Å². The highest BCUT2D eigenvalue weighted by Gasteiger charge is 2.16. The number of benzene rings is 1. The van der Waals surface area contributed by atoms with Gasteiger partial charge in [0.1, 0.15) is 17.8 Å². The maximum atomic E-state index is 11.2. The largest absolute Gasteiger partial charge is 0.508 e. The van der Waals surface area contributed by atoms with E-state index in [-0.39, 0.29) is 11.5 Å². The fraction of sp³-hybridized carbons (Fsp3) is 0.625. The van der Waals surface area contributed by atoms with Crippen LogP contribution < -0.4 is 11.1 Å². The number of carbonyl (C=O) groups is 3. The first kappa shape index (κ1) is 33.4. The van der Waals surface area contributed by atoms with Crippen molar-refractivity contribution in [3.8, 4) is 5.75 Å². The van der Waals surface area contributed by atoms with Crippen molar-refractivity contribution in [1.82, 2.24) is 10.2 Å². The first-order chi connectivity index (χ1) is 14.8. The monoisotopic (exact) mass is 439 g/mol. The van der Waals surface area contributed by atoms with Crippen LogP contribution in [0.2, 0.25) is 0 Å². The molecule has 1 aromatic carbocycles. The molecule has 1 atom stereocenters. The minimum atomic E-state index is -0.440. The van der Waals surface area contributed by atoms with E-state index in [1.54, 1.807) is 24.3 Å². The molecule has 1 heterocycles. The van der Waals surface area contributed by atoms with E-state index in [4.69, 9.17) is 15.6 Å². The van der Waals surface area contributed by atoms with E-state index in [2.05, 4.69) is 5.32 Å². The highest BCUT2D eigenvalue weighted by molar-refractivity contribution is 5.81. The summed E-state index contributed by atoms with van der Waals surface area (Å²) in [6, 6.07) is 6.25. The number of carbonyl (C=O) groups excluding carboxylic acids is 3. The summed E-state index contributed by atoms with van der Waals surface area (Å²) >= 11 is 0. The van der Waals surface area contributed by atoms with Gasteiger partial charge in [-0.15, -0.1) is 0 Å². The van der Waals surface area contributed by atoms with Crippen molar-refractivity contribution < 1.29 is 19.5 Å². The molecule has 0 bridgehead atoms. The summed E-state index contributed by atoms with van der Waals surface area (Å²) in [6.07, 6.45) is 4.28. The molecule has 4 N–H and O–H groups in total. The minimum Gasteiger partial charge on any atom is -0.508 e. The molecule has 0 saturated carbocycles. The highest BCUT2D eigenvalue weighted by Crippen LogP contribution is 2.11. The average Bonchev–Trinajstić information content (AvgIpc) is 2.78. The number of hydrogen-bond donors (Lipinski definition) is 3. The Morgan fingerprint density at radius 2 is 1.71 bits per heavy atom. The minimum absolute atomic E-state index is 0.0203. The zero-order chi connectivity index (χ0) is 24.7. The number of Topliss-reactive ketones (excluding diaryl/α,β-unsaturated/α-hetero) is 1. The fourth-order valence-corrected chi connectivity index (χ4v) is 2.37. The summed E-state index contributed by atoms with van der Waals surface area (Å²) in [4.78, 5) is 32.8. The van der Waals surface area contributed by atoms with Gasteiger partial charge in [0.05, 0.1) is 6.04 Å². The number of aromatic hydroxyl groups is 1.